The molecule has 0 aromatic carbocycles. The van der Waals surface area contributed by atoms with Gasteiger partial charge in [-0.1, -0.05) is 0 Å². The summed E-state index contributed by atoms with van der Waals surface area (Å²) in [4.78, 5) is 26.3. The molecule has 0 aliphatic heterocycles. The SMILES string of the molecule is CCN(CC(=O)NC(C)(C)C)C(=O)c1sccc1Br. The Morgan fingerprint density at radius 1 is 1.42 bits per heavy atom. The second-order valence-corrected chi connectivity index (χ2v) is 6.99. The summed E-state index contributed by atoms with van der Waals surface area (Å²) >= 11 is 4.71. The van der Waals surface area contributed by atoms with Crippen LogP contribution in [-0.2, 0) is 4.79 Å². The maximum absolute atomic E-state index is 12.3. The van der Waals surface area contributed by atoms with Crippen LogP contribution >= 0.6 is 27.3 Å². The lowest BCUT2D eigenvalue weighted by molar-refractivity contribution is -0.123. The van der Waals surface area contributed by atoms with Gasteiger partial charge >= 0.3 is 0 Å². The van der Waals surface area contributed by atoms with Crippen molar-refractivity contribution in [3.05, 3.63) is 20.8 Å². The van der Waals surface area contributed by atoms with Crippen LogP contribution in [0, 0.1) is 0 Å². The lowest BCUT2D eigenvalue weighted by atomic mass is 10.1. The van der Waals surface area contributed by atoms with Gasteiger partial charge in [-0.15, -0.1) is 11.3 Å². The van der Waals surface area contributed by atoms with Crippen LogP contribution in [0.25, 0.3) is 0 Å². The normalized spacial score (nSPS) is 11.2. The first kappa shape index (κ1) is 16.2. The van der Waals surface area contributed by atoms with Gasteiger partial charge in [-0.05, 0) is 55.1 Å². The molecule has 0 bridgehead atoms. The third-order valence-corrected chi connectivity index (χ3v) is 4.15. The van der Waals surface area contributed by atoms with Crippen LogP contribution in [0.15, 0.2) is 15.9 Å². The van der Waals surface area contributed by atoms with E-state index >= 15 is 0 Å². The first-order valence-electron chi connectivity index (χ1n) is 6.08. The molecule has 0 saturated carbocycles. The molecule has 2 amide bonds. The monoisotopic (exact) mass is 346 g/mol. The minimum Gasteiger partial charge on any atom is -0.350 e. The van der Waals surface area contributed by atoms with E-state index in [0.29, 0.717) is 11.4 Å². The Morgan fingerprint density at radius 3 is 2.47 bits per heavy atom. The molecule has 1 aromatic rings. The molecule has 0 aliphatic carbocycles. The zero-order chi connectivity index (χ0) is 14.6. The number of rotatable bonds is 4. The number of hydrogen-bond donors (Lipinski definition) is 1. The number of carbonyl (C=O) groups is 2. The molecule has 0 atom stereocenters. The number of halogens is 1. The highest BCUT2D eigenvalue weighted by molar-refractivity contribution is 9.10. The zero-order valence-electron chi connectivity index (χ0n) is 11.6. The first-order valence-corrected chi connectivity index (χ1v) is 7.75. The number of nitrogens with one attached hydrogen (secondary N) is 1. The molecular formula is C13H19BrN2O2S. The van der Waals surface area contributed by atoms with E-state index in [-0.39, 0.29) is 23.9 Å². The molecule has 0 saturated heterocycles. The van der Waals surface area contributed by atoms with Crippen molar-refractivity contribution in [3.8, 4) is 0 Å². The van der Waals surface area contributed by atoms with Gasteiger partial charge in [0.1, 0.15) is 4.88 Å². The molecule has 1 N–H and O–H groups in total. The molecule has 1 rings (SSSR count). The van der Waals surface area contributed by atoms with E-state index in [9.17, 15) is 9.59 Å². The van der Waals surface area contributed by atoms with Crippen LogP contribution in [0.5, 0.6) is 0 Å². The van der Waals surface area contributed by atoms with Crippen LogP contribution in [0.4, 0.5) is 0 Å². The Labute approximate surface area is 126 Å². The number of carbonyl (C=O) groups excluding carboxylic acids is 2. The summed E-state index contributed by atoms with van der Waals surface area (Å²) in [5, 5.41) is 4.71. The van der Waals surface area contributed by atoms with Gasteiger partial charge < -0.3 is 10.2 Å². The first-order chi connectivity index (χ1) is 8.74. The van der Waals surface area contributed by atoms with Gasteiger partial charge in [-0.3, -0.25) is 9.59 Å². The summed E-state index contributed by atoms with van der Waals surface area (Å²) in [6.07, 6.45) is 0. The predicted molar refractivity (Wildman–Crippen MR) is 81.5 cm³/mol. The van der Waals surface area contributed by atoms with E-state index in [1.807, 2.05) is 39.1 Å². The van der Waals surface area contributed by atoms with Gasteiger partial charge in [0.05, 0.1) is 6.54 Å². The Morgan fingerprint density at radius 2 is 2.05 bits per heavy atom. The van der Waals surface area contributed by atoms with E-state index in [1.54, 1.807) is 0 Å². The standard InChI is InChI=1S/C13H19BrN2O2S/c1-5-16(8-10(17)15-13(2,3)4)12(18)11-9(14)6-7-19-11/h6-7H,5,8H2,1-4H3,(H,15,17). The maximum Gasteiger partial charge on any atom is 0.265 e. The summed E-state index contributed by atoms with van der Waals surface area (Å²) in [7, 11) is 0. The number of hydrogen-bond acceptors (Lipinski definition) is 3. The third kappa shape index (κ3) is 4.95. The van der Waals surface area contributed by atoms with E-state index in [0.717, 1.165) is 4.47 Å². The quantitative estimate of drug-likeness (QED) is 0.911. The average molecular weight is 347 g/mol. The average Bonchev–Trinajstić information content (AvgIpc) is 2.69. The Hall–Kier alpha value is -0.880. The number of thiophene rings is 1. The van der Waals surface area contributed by atoms with Gasteiger partial charge in [-0.2, -0.15) is 0 Å². The van der Waals surface area contributed by atoms with Crippen LogP contribution in [-0.4, -0.2) is 35.3 Å². The number of likely N-dealkylation sites (N-methyl/N-ethyl adjacent to an activating group) is 1. The topological polar surface area (TPSA) is 49.4 Å². The van der Waals surface area contributed by atoms with E-state index in [2.05, 4.69) is 21.2 Å². The summed E-state index contributed by atoms with van der Waals surface area (Å²) in [6.45, 7) is 8.19. The fourth-order valence-corrected chi connectivity index (χ4v) is 3.06. The highest BCUT2D eigenvalue weighted by Crippen LogP contribution is 2.24. The van der Waals surface area contributed by atoms with Crippen molar-refractivity contribution in [2.45, 2.75) is 33.2 Å². The summed E-state index contributed by atoms with van der Waals surface area (Å²) in [5.41, 5.74) is -0.289. The van der Waals surface area contributed by atoms with Gasteiger partial charge in [0, 0.05) is 16.6 Å². The molecule has 106 valence electrons. The zero-order valence-corrected chi connectivity index (χ0v) is 14.0. The van der Waals surface area contributed by atoms with Gasteiger partial charge in [-0.25, -0.2) is 0 Å². The van der Waals surface area contributed by atoms with Crippen molar-refractivity contribution < 1.29 is 9.59 Å². The fraction of sp³-hybridized carbons (Fsp3) is 0.538. The van der Waals surface area contributed by atoms with E-state index in [4.69, 9.17) is 0 Å². The minimum atomic E-state index is -0.289. The van der Waals surface area contributed by atoms with E-state index < -0.39 is 0 Å². The molecule has 0 fully saturated rings. The molecular weight excluding hydrogens is 328 g/mol. The lowest BCUT2D eigenvalue weighted by Crippen LogP contribution is -2.47. The predicted octanol–water partition coefficient (Wildman–Crippen LogP) is 2.89. The van der Waals surface area contributed by atoms with Crippen molar-refractivity contribution in [2.75, 3.05) is 13.1 Å². The van der Waals surface area contributed by atoms with Gasteiger partial charge in [0.25, 0.3) is 5.91 Å². The second kappa shape index (κ2) is 6.52. The van der Waals surface area contributed by atoms with E-state index in [1.165, 1.54) is 16.2 Å². The third-order valence-electron chi connectivity index (χ3n) is 2.33. The minimum absolute atomic E-state index is 0.0803. The van der Waals surface area contributed by atoms with Gasteiger partial charge in [0.2, 0.25) is 5.91 Å². The lowest BCUT2D eigenvalue weighted by Gasteiger charge is -2.24. The Balaban J connectivity index is 2.72. The summed E-state index contributed by atoms with van der Waals surface area (Å²) in [6, 6.07) is 1.83. The smallest absolute Gasteiger partial charge is 0.265 e. The fourth-order valence-electron chi connectivity index (χ4n) is 1.55. The summed E-state index contributed by atoms with van der Waals surface area (Å²) < 4.78 is 0.775. The molecule has 1 heterocycles. The molecule has 6 heteroatoms. The molecule has 1 aromatic heterocycles. The number of amides is 2. The van der Waals surface area contributed by atoms with Crippen molar-refractivity contribution in [1.82, 2.24) is 10.2 Å². The van der Waals surface area contributed by atoms with Crippen molar-refractivity contribution in [1.29, 1.82) is 0 Å². The van der Waals surface area contributed by atoms with Crippen molar-refractivity contribution in [2.24, 2.45) is 0 Å². The van der Waals surface area contributed by atoms with Gasteiger partial charge in [0.15, 0.2) is 0 Å². The highest BCUT2D eigenvalue weighted by atomic mass is 79.9. The Bertz CT molecular complexity index is 465. The molecule has 4 nitrogen and oxygen atoms in total. The second-order valence-electron chi connectivity index (χ2n) is 5.22. The van der Waals surface area contributed by atoms with Crippen LogP contribution in [0.2, 0.25) is 0 Å². The maximum atomic E-state index is 12.3. The highest BCUT2D eigenvalue weighted by Gasteiger charge is 2.22. The molecule has 0 spiro atoms. The van der Waals surface area contributed by atoms with Crippen LogP contribution < -0.4 is 5.32 Å². The van der Waals surface area contributed by atoms with Crippen LogP contribution in [0.1, 0.15) is 37.4 Å². The molecule has 19 heavy (non-hydrogen) atoms. The molecule has 0 aliphatic rings. The summed E-state index contributed by atoms with van der Waals surface area (Å²) in [5.74, 6) is -0.260. The van der Waals surface area contributed by atoms with Crippen LogP contribution in [0.3, 0.4) is 0 Å². The van der Waals surface area contributed by atoms with Crippen molar-refractivity contribution in [3.63, 3.8) is 0 Å². The number of nitrogens with zero attached hydrogens (tertiary/aromatic N) is 1. The molecule has 0 unspecified atom stereocenters. The molecule has 0 radical (unpaired) electrons. The Kier molecular flexibility index (Phi) is 5.55. The van der Waals surface area contributed by atoms with Crippen molar-refractivity contribution >= 4 is 39.1 Å². The largest absolute Gasteiger partial charge is 0.350 e.